The van der Waals surface area contributed by atoms with Crippen LogP contribution < -0.4 is 10.6 Å². The number of hydrogen-bond acceptors (Lipinski definition) is 2. The Morgan fingerprint density at radius 1 is 0.941 bits per heavy atom. The van der Waals surface area contributed by atoms with E-state index >= 15 is 0 Å². The molecule has 2 nitrogen and oxygen atoms in total. The fourth-order valence-electron chi connectivity index (χ4n) is 1.72. The minimum Gasteiger partial charge on any atom is -0.385 e. The summed E-state index contributed by atoms with van der Waals surface area (Å²) in [6, 6.07) is 6.56. The van der Waals surface area contributed by atoms with Crippen LogP contribution >= 0.6 is 0 Å². The van der Waals surface area contributed by atoms with Crippen LogP contribution in [0, 0.1) is 13.8 Å². The molecule has 96 valence electrons. The van der Waals surface area contributed by atoms with E-state index in [1.807, 2.05) is 0 Å². The van der Waals surface area contributed by atoms with Crippen molar-refractivity contribution in [2.75, 3.05) is 25.0 Å². The molecule has 0 atom stereocenters. The van der Waals surface area contributed by atoms with Crippen LogP contribution in [-0.4, -0.2) is 19.6 Å². The monoisotopic (exact) mass is 234 g/mol. The first-order valence-corrected chi connectivity index (χ1v) is 6.76. The molecule has 1 aromatic carbocycles. The highest BCUT2D eigenvalue weighted by molar-refractivity contribution is 5.47. The molecule has 0 saturated heterocycles. The van der Waals surface area contributed by atoms with Crippen LogP contribution in [0.1, 0.15) is 37.3 Å². The molecule has 0 spiro atoms. The Kier molecular flexibility index (Phi) is 6.71. The molecular weight excluding hydrogens is 208 g/mol. The SMILES string of the molecule is CCCCNCCCNc1ccc(C)c(C)c1. The van der Waals surface area contributed by atoms with Gasteiger partial charge in [0.15, 0.2) is 0 Å². The third kappa shape index (κ3) is 5.73. The van der Waals surface area contributed by atoms with Gasteiger partial charge in [-0.2, -0.15) is 0 Å². The second-order valence-corrected chi connectivity index (χ2v) is 4.68. The highest BCUT2D eigenvalue weighted by atomic mass is 14.9. The van der Waals surface area contributed by atoms with Gasteiger partial charge in [0.25, 0.3) is 0 Å². The van der Waals surface area contributed by atoms with Crippen molar-refractivity contribution in [1.82, 2.24) is 5.32 Å². The van der Waals surface area contributed by atoms with Gasteiger partial charge in [-0.15, -0.1) is 0 Å². The van der Waals surface area contributed by atoms with Gasteiger partial charge in [0.2, 0.25) is 0 Å². The van der Waals surface area contributed by atoms with Crippen LogP contribution in [0.2, 0.25) is 0 Å². The normalized spacial score (nSPS) is 10.5. The molecule has 1 rings (SSSR count). The van der Waals surface area contributed by atoms with Crippen LogP contribution in [0.25, 0.3) is 0 Å². The topological polar surface area (TPSA) is 24.1 Å². The number of benzene rings is 1. The molecule has 0 radical (unpaired) electrons. The average molecular weight is 234 g/mol. The maximum absolute atomic E-state index is 3.46. The predicted molar refractivity (Wildman–Crippen MR) is 76.8 cm³/mol. The van der Waals surface area contributed by atoms with Crippen LogP contribution in [0.3, 0.4) is 0 Å². The van der Waals surface area contributed by atoms with Gasteiger partial charge in [-0.1, -0.05) is 19.4 Å². The molecule has 0 aromatic heterocycles. The first-order valence-electron chi connectivity index (χ1n) is 6.76. The molecule has 0 fully saturated rings. The number of anilines is 1. The third-order valence-corrected chi connectivity index (χ3v) is 3.07. The van der Waals surface area contributed by atoms with Crippen LogP contribution in [-0.2, 0) is 0 Å². The van der Waals surface area contributed by atoms with E-state index in [0.29, 0.717) is 0 Å². The number of hydrogen-bond donors (Lipinski definition) is 2. The van der Waals surface area contributed by atoms with E-state index in [0.717, 1.165) is 19.6 Å². The number of aryl methyl sites for hydroxylation is 2. The van der Waals surface area contributed by atoms with Crippen molar-refractivity contribution in [2.45, 2.75) is 40.0 Å². The lowest BCUT2D eigenvalue weighted by Gasteiger charge is -2.09. The minimum absolute atomic E-state index is 1.04. The average Bonchev–Trinajstić information content (AvgIpc) is 2.32. The zero-order valence-corrected chi connectivity index (χ0v) is 11.5. The van der Waals surface area contributed by atoms with E-state index in [9.17, 15) is 0 Å². The molecule has 0 aliphatic heterocycles. The Labute approximate surface area is 106 Å². The highest BCUT2D eigenvalue weighted by Crippen LogP contribution is 2.13. The molecule has 0 amide bonds. The van der Waals surface area contributed by atoms with Gasteiger partial charge in [0, 0.05) is 12.2 Å². The Bertz CT molecular complexity index is 321. The van der Waals surface area contributed by atoms with Crippen molar-refractivity contribution >= 4 is 5.69 Å². The summed E-state index contributed by atoms with van der Waals surface area (Å²) in [6.45, 7) is 9.84. The number of unbranched alkanes of at least 4 members (excludes halogenated alkanes) is 1. The van der Waals surface area contributed by atoms with Crippen LogP contribution in [0.5, 0.6) is 0 Å². The highest BCUT2D eigenvalue weighted by Gasteiger charge is 1.95. The zero-order valence-electron chi connectivity index (χ0n) is 11.5. The molecule has 1 aromatic rings. The van der Waals surface area contributed by atoms with Crippen molar-refractivity contribution in [2.24, 2.45) is 0 Å². The van der Waals surface area contributed by atoms with Crippen molar-refractivity contribution in [3.8, 4) is 0 Å². The lowest BCUT2D eigenvalue weighted by molar-refractivity contribution is 0.626. The summed E-state index contributed by atoms with van der Waals surface area (Å²) in [5, 5.41) is 6.92. The Morgan fingerprint density at radius 2 is 1.71 bits per heavy atom. The van der Waals surface area contributed by atoms with E-state index in [-0.39, 0.29) is 0 Å². The number of nitrogens with one attached hydrogen (secondary N) is 2. The lowest BCUT2D eigenvalue weighted by atomic mass is 10.1. The van der Waals surface area contributed by atoms with E-state index in [1.165, 1.54) is 36.1 Å². The van der Waals surface area contributed by atoms with Gasteiger partial charge in [-0.25, -0.2) is 0 Å². The summed E-state index contributed by atoms with van der Waals surface area (Å²) in [4.78, 5) is 0. The summed E-state index contributed by atoms with van der Waals surface area (Å²) in [5.74, 6) is 0. The van der Waals surface area contributed by atoms with E-state index in [1.54, 1.807) is 0 Å². The Hall–Kier alpha value is -1.02. The van der Waals surface area contributed by atoms with E-state index in [4.69, 9.17) is 0 Å². The van der Waals surface area contributed by atoms with Gasteiger partial charge in [0.1, 0.15) is 0 Å². The summed E-state index contributed by atoms with van der Waals surface area (Å²) in [6.07, 6.45) is 3.73. The van der Waals surface area contributed by atoms with Crippen molar-refractivity contribution in [3.05, 3.63) is 29.3 Å². The van der Waals surface area contributed by atoms with Gasteiger partial charge in [0.05, 0.1) is 0 Å². The molecular formula is C15H26N2. The quantitative estimate of drug-likeness (QED) is 0.673. The summed E-state index contributed by atoms with van der Waals surface area (Å²) >= 11 is 0. The van der Waals surface area contributed by atoms with Gasteiger partial charge < -0.3 is 10.6 Å². The molecule has 0 aliphatic rings. The molecule has 17 heavy (non-hydrogen) atoms. The Morgan fingerprint density at radius 3 is 2.41 bits per heavy atom. The molecule has 0 heterocycles. The fourth-order valence-corrected chi connectivity index (χ4v) is 1.72. The van der Waals surface area contributed by atoms with Gasteiger partial charge >= 0.3 is 0 Å². The Balaban J connectivity index is 2.11. The summed E-state index contributed by atoms with van der Waals surface area (Å²) in [5.41, 5.74) is 3.95. The molecule has 0 bridgehead atoms. The summed E-state index contributed by atoms with van der Waals surface area (Å²) < 4.78 is 0. The van der Waals surface area contributed by atoms with Crippen molar-refractivity contribution in [1.29, 1.82) is 0 Å². The van der Waals surface area contributed by atoms with Crippen molar-refractivity contribution < 1.29 is 0 Å². The molecule has 0 unspecified atom stereocenters. The van der Waals surface area contributed by atoms with Crippen LogP contribution in [0.15, 0.2) is 18.2 Å². The zero-order chi connectivity index (χ0) is 12.5. The van der Waals surface area contributed by atoms with Gasteiger partial charge in [-0.3, -0.25) is 0 Å². The lowest BCUT2D eigenvalue weighted by Crippen LogP contribution is -2.19. The van der Waals surface area contributed by atoms with E-state index < -0.39 is 0 Å². The maximum atomic E-state index is 3.46. The van der Waals surface area contributed by atoms with Crippen molar-refractivity contribution in [3.63, 3.8) is 0 Å². The first kappa shape index (κ1) is 14.0. The molecule has 2 heteroatoms. The maximum Gasteiger partial charge on any atom is 0.0343 e. The number of rotatable bonds is 8. The largest absolute Gasteiger partial charge is 0.385 e. The van der Waals surface area contributed by atoms with Crippen LogP contribution in [0.4, 0.5) is 5.69 Å². The van der Waals surface area contributed by atoms with E-state index in [2.05, 4.69) is 49.6 Å². The second-order valence-electron chi connectivity index (χ2n) is 4.68. The second kappa shape index (κ2) is 8.13. The minimum atomic E-state index is 1.04. The summed E-state index contributed by atoms with van der Waals surface area (Å²) in [7, 11) is 0. The smallest absolute Gasteiger partial charge is 0.0343 e. The van der Waals surface area contributed by atoms with Gasteiger partial charge in [-0.05, 0) is 63.0 Å². The molecule has 0 saturated carbocycles. The fraction of sp³-hybridized carbons (Fsp3) is 0.600. The predicted octanol–water partition coefficient (Wildman–Crippen LogP) is 3.50. The standard InChI is InChI=1S/C15H26N2/c1-4-5-9-16-10-6-11-17-15-8-7-13(2)14(3)12-15/h7-8,12,16-17H,4-6,9-11H2,1-3H3. The first-order chi connectivity index (χ1) is 8.24. The third-order valence-electron chi connectivity index (χ3n) is 3.07. The molecule has 2 N–H and O–H groups in total. The molecule has 0 aliphatic carbocycles.